The normalized spacial score (nSPS) is 14.4. The van der Waals surface area contributed by atoms with Gasteiger partial charge in [-0.1, -0.05) is 44.7 Å². The Hall–Kier alpha value is -1.23. The summed E-state index contributed by atoms with van der Waals surface area (Å²) in [4.78, 5) is 0. The minimum atomic E-state index is -4.35. The average Bonchev–Trinajstić information content (AvgIpc) is 2.54. The minimum absolute atomic E-state index is 0.257. The molecule has 138 valence electrons. The van der Waals surface area contributed by atoms with E-state index in [1.165, 1.54) is 25.7 Å². The number of unbranched alkanes of at least 4 members (excludes halogenated alkanes) is 3. The second kappa shape index (κ2) is 10.6. The van der Waals surface area contributed by atoms with Crippen molar-refractivity contribution in [2.45, 2.75) is 77.0 Å². The lowest BCUT2D eigenvalue weighted by atomic mass is 9.89. The predicted octanol–water partition coefficient (Wildman–Crippen LogP) is 5.81. The van der Waals surface area contributed by atoms with Gasteiger partial charge >= 0.3 is 6.18 Å². The zero-order valence-corrected chi connectivity index (χ0v) is 14.7. The van der Waals surface area contributed by atoms with Gasteiger partial charge in [0.15, 0.2) is 6.10 Å². The molecule has 1 rings (SSSR count). The third kappa shape index (κ3) is 7.56. The molecule has 0 fully saturated rings. The lowest BCUT2D eigenvalue weighted by Gasteiger charge is -2.20. The third-order valence-electron chi connectivity index (χ3n) is 4.29. The lowest BCUT2D eigenvalue weighted by molar-refractivity contribution is -0.189. The van der Waals surface area contributed by atoms with Crippen molar-refractivity contribution >= 4 is 0 Å². The Morgan fingerprint density at radius 3 is 2.17 bits per heavy atom. The van der Waals surface area contributed by atoms with Crippen LogP contribution in [-0.2, 0) is 0 Å². The van der Waals surface area contributed by atoms with E-state index in [9.17, 15) is 13.2 Å². The summed E-state index contributed by atoms with van der Waals surface area (Å²) in [5.74, 6) is 0.673. The van der Waals surface area contributed by atoms with Crippen LogP contribution >= 0.6 is 0 Å². The topological polar surface area (TPSA) is 35.2 Å². The van der Waals surface area contributed by atoms with Crippen LogP contribution in [0.15, 0.2) is 24.3 Å². The van der Waals surface area contributed by atoms with E-state index in [1.807, 2.05) is 12.1 Å². The highest BCUT2D eigenvalue weighted by Crippen LogP contribution is 2.30. The largest absolute Gasteiger partial charge is 0.481 e. The molecule has 0 spiro atoms. The SMILES string of the molecule is CCCCCCC(CCCN)c1ccc(OC(C)C(F)(F)F)cc1. The van der Waals surface area contributed by atoms with Gasteiger partial charge in [0.05, 0.1) is 0 Å². The fourth-order valence-corrected chi connectivity index (χ4v) is 2.75. The molecule has 0 radical (unpaired) electrons. The lowest BCUT2D eigenvalue weighted by Crippen LogP contribution is -2.31. The van der Waals surface area contributed by atoms with Crippen molar-refractivity contribution in [3.63, 3.8) is 0 Å². The van der Waals surface area contributed by atoms with Crippen LogP contribution in [0.25, 0.3) is 0 Å². The summed E-state index contributed by atoms with van der Waals surface area (Å²) in [5.41, 5.74) is 6.78. The molecule has 1 aromatic rings. The van der Waals surface area contributed by atoms with Gasteiger partial charge in [-0.15, -0.1) is 0 Å². The smallest absolute Gasteiger partial charge is 0.425 e. The average molecular weight is 345 g/mol. The van der Waals surface area contributed by atoms with Gasteiger partial charge in [-0.25, -0.2) is 0 Å². The van der Waals surface area contributed by atoms with Crippen LogP contribution < -0.4 is 10.5 Å². The van der Waals surface area contributed by atoms with Crippen LogP contribution in [-0.4, -0.2) is 18.8 Å². The van der Waals surface area contributed by atoms with E-state index in [2.05, 4.69) is 6.92 Å². The van der Waals surface area contributed by atoms with Crippen LogP contribution in [0.4, 0.5) is 13.2 Å². The van der Waals surface area contributed by atoms with Gasteiger partial charge in [-0.3, -0.25) is 0 Å². The van der Waals surface area contributed by atoms with Gasteiger partial charge in [-0.05, 0) is 56.3 Å². The monoisotopic (exact) mass is 345 g/mol. The van der Waals surface area contributed by atoms with Gasteiger partial charge in [0.2, 0.25) is 0 Å². The standard InChI is InChI=1S/C19H30F3NO/c1-3-4-5-6-8-16(9-7-14-23)17-10-12-18(13-11-17)24-15(2)19(20,21)22/h10-13,15-16H,3-9,14,23H2,1-2H3. The number of hydrogen-bond donors (Lipinski definition) is 1. The summed E-state index contributed by atoms with van der Waals surface area (Å²) in [6.45, 7) is 3.87. The zero-order valence-electron chi connectivity index (χ0n) is 14.7. The molecule has 24 heavy (non-hydrogen) atoms. The highest BCUT2D eigenvalue weighted by molar-refractivity contribution is 5.29. The zero-order chi connectivity index (χ0) is 18.0. The first-order valence-corrected chi connectivity index (χ1v) is 8.91. The van der Waals surface area contributed by atoms with Crippen LogP contribution in [0.2, 0.25) is 0 Å². The molecule has 0 aliphatic carbocycles. The highest BCUT2D eigenvalue weighted by atomic mass is 19.4. The Bertz CT molecular complexity index is 445. The molecule has 0 aliphatic rings. The molecule has 0 heterocycles. The summed E-state index contributed by atoms with van der Waals surface area (Å²) in [6, 6.07) is 7.05. The molecule has 2 unspecified atom stereocenters. The highest BCUT2D eigenvalue weighted by Gasteiger charge is 2.38. The molecule has 0 bridgehead atoms. The maximum Gasteiger partial charge on any atom is 0.425 e. The van der Waals surface area contributed by atoms with Crippen LogP contribution in [0.1, 0.15) is 70.3 Å². The molecule has 2 nitrogen and oxygen atoms in total. The molecule has 0 amide bonds. The van der Waals surface area contributed by atoms with Crippen molar-refractivity contribution < 1.29 is 17.9 Å². The van der Waals surface area contributed by atoms with Gasteiger partial charge in [0.1, 0.15) is 5.75 Å². The van der Waals surface area contributed by atoms with Crippen molar-refractivity contribution in [3.05, 3.63) is 29.8 Å². The predicted molar refractivity (Wildman–Crippen MR) is 92.4 cm³/mol. The Kier molecular flexibility index (Phi) is 9.19. The van der Waals surface area contributed by atoms with E-state index in [0.717, 1.165) is 31.7 Å². The minimum Gasteiger partial charge on any atom is -0.481 e. The summed E-state index contributed by atoms with van der Waals surface area (Å²) in [5, 5.41) is 0. The molecular formula is C19H30F3NO. The number of rotatable bonds is 11. The number of hydrogen-bond acceptors (Lipinski definition) is 2. The first-order chi connectivity index (χ1) is 11.4. The van der Waals surface area contributed by atoms with E-state index < -0.39 is 12.3 Å². The number of alkyl halides is 3. The third-order valence-corrected chi connectivity index (χ3v) is 4.29. The summed E-state index contributed by atoms with van der Waals surface area (Å²) in [6.07, 6.45) is 1.77. The first kappa shape index (κ1) is 20.8. The molecule has 0 aliphatic heterocycles. The van der Waals surface area contributed by atoms with Crippen LogP contribution in [0.5, 0.6) is 5.75 Å². The van der Waals surface area contributed by atoms with Crippen LogP contribution in [0, 0.1) is 0 Å². The first-order valence-electron chi connectivity index (χ1n) is 8.91. The van der Waals surface area contributed by atoms with Gasteiger partial charge in [0, 0.05) is 0 Å². The van der Waals surface area contributed by atoms with E-state index in [0.29, 0.717) is 12.5 Å². The number of ether oxygens (including phenoxy) is 1. The van der Waals surface area contributed by atoms with Crippen molar-refractivity contribution in [2.75, 3.05) is 6.54 Å². The van der Waals surface area contributed by atoms with Crippen molar-refractivity contribution in [3.8, 4) is 5.75 Å². The van der Waals surface area contributed by atoms with Gasteiger partial charge in [0.25, 0.3) is 0 Å². The second-order valence-electron chi connectivity index (χ2n) is 6.35. The Morgan fingerprint density at radius 1 is 1.00 bits per heavy atom. The summed E-state index contributed by atoms with van der Waals surface area (Å²) < 4.78 is 42.6. The number of halogens is 3. The van der Waals surface area contributed by atoms with Crippen LogP contribution in [0.3, 0.4) is 0 Å². The molecule has 0 saturated carbocycles. The number of nitrogens with two attached hydrogens (primary N) is 1. The van der Waals surface area contributed by atoms with Gasteiger partial charge in [-0.2, -0.15) is 13.2 Å². The summed E-state index contributed by atoms with van der Waals surface area (Å²) in [7, 11) is 0. The van der Waals surface area contributed by atoms with Crippen molar-refractivity contribution in [2.24, 2.45) is 5.73 Å². The van der Waals surface area contributed by atoms with E-state index in [1.54, 1.807) is 12.1 Å². The molecule has 1 aromatic carbocycles. The summed E-state index contributed by atoms with van der Waals surface area (Å²) >= 11 is 0. The number of benzene rings is 1. The second-order valence-corrected chi connectivity index (χ2v) is 6.35. The van der Waals surface area contributed by atoms with E-state index in [4.69, 9.17) is 10.5 Å². The molecule has 5 heteroatoms. The van der Waals surface area contributed by atoms with Crippen molar-refractivity contribution in [1.29, 1.82) is 0 Å². The fraction of sp³-hybridized carbons (Fsp3) is 0.684. The quantitative estimate of drug-likeness (QED) is 0.514. The molecular weight excluding hydrogens is 315 g/mol. The Balaban J connectivity index is 2.66. The molecule has 0 saturated heterocycles. The fourth-order valence-electron chi connectivity index (χ4n) is 2.75. The molecule has 2 N–H and O–H groups in total. The molecule has 0 aromatic heterocycles. The van der Waals surface area contributed by atoms with Gasteiger partial charge < -0.3 is 10.5 Å². The van der Waals surface area contributed by atoms with E-state index in [-0.39, 0.29) is 5.75 Å². The maximum atomic E-state index is 12.5. The van der Waals surface area contributed by atoms with Crippen molar-refractivity contribution in [1.82, 2.24) is 0 Å². The Labute approximate surface area is 143 Å². The Morgan fingerprint density at radius 2 is 1.62 bits per heavy atom. The molecule has 2 atom stereocenters. The maximum absolute atomic E-state index is 12.5. The van der Waals surface area contributed by atoms with E-state index >= 15 is 0 Å².